The van der Waals surface area contributed by atoms with Crippen molar-refractivity contribution >= 4 is 29.0 Å². The summed E-state index contributed by atoms with van der Waals surface area (Å²) in [6.45, 7) is 1.87. The monoisotopic (exact) mass is 498 g/mol. The average Bonchev–Trinajstić information content (AvgIpc) is 3.55. The Labute approximate surface area is 205 Å². The van der Waals surface area contributed by atoms with E-state index < -0.39 is 12.1 Å². The van der Waals surface area contributed by atoms with Crippen LogP contribution in [0.5, 0.6) is 0 Å². The Morgan fingerprint density at radius 3 is 2.78 bits per heavy atom. The molecule has 2 atom stereocenters. The Morgan fingerprint density at radius 1 is 1.08 bits per heavy atom. The summed E-state index contributed by atoms with van der Waals surface area (Å²) in [7, 11) is 0. The van der Waals surface area contributed by atoms with Crippen LogP contribution >= 0.6 is 0 Å². The zero-order chi connectivity index (χ0) is 24.9. The standard InChI is InChI=1S/C25H25F3N6O2/c26-25(27,28)17-4-2-9-33(13-17)22-7-6-20-23(31-22)34(19-8-10-32(20)14-19)24(35)30-18-5-1-3-16(11-18)21-12-29-15-36-21/h1,3,5-7,11-12,15,17,19H,2,4,8-10,13-14H2,(H,30,35)/t17-,19-/m0/s1. The van der Waals surface area contributed by atoms with Crippen LogP contribution in [0.3, 0.4) is 0 Å². The molecular formula is C25H25F3N6O2. The van der Waals surface area contributed by atoms with Crippen LogP contribution in [0.25, 0.3) is 11.3 Å². The van der Waals surface area contributed by atoms with E-state index in [4.69, 9.17) is 9.40 Å². The Balaban J connectivity index is 1.28. The molecule has 0 saturated carbocycles. The SMILES string of the molecule is O=C(Nc1cccc(-c2cnco2)c1)N1c2nc(N3CCC[C@H](C(F)(F)F)C3)ccc2N2CC[C@H]1C2. The zero-order valence-corrected chi connectivity index (χ0v) is 19.4. The number of amides is 2. The molecule has 0 aliphatic carbocycles. The molecule has 188 valence electrons. The molecule has 1 N–H and O–H groups in total. The molecule has 2 saturated heterocycles. The fraction of sp³-hybridized carbons (Fsp3) is 0.400. The van der Waals surface area contributed by atoms with E-state index in [1.807, 2.05) is 18.2 Å². The van der Waals surface area contributed by atoms with Gasteiger partial charge in [0.05, 0.1) is 23.8 Å². The van der Waals surface area contributed by atoms with E-state index >= 15 is 0 Å². The number of fused-ring (bicyclic) bond motifs is 4. The second-order valence-electron chi connectivity index (χ2n) is 9.47. The first-order chi connectivity index (χ1) is 17.4. The number of pyridine rings is 1. The van der Waals surface area contributed by atoms with E-state index in [-0.39, 0.29) is 25.0 Å². The van der Waals surface area contributed by atoms with Gasteiger partial charge in [-0.05, 0) is 43.5 Å². The first-order valence-electron chi connectivity index (χ1n) is 12.0. The number of carbonyl (C=O) groups excluding carboxylic acids is 1. The summed E-state index contributed by atoms with van der Waals surface area (Å²) in [5, 5.41) is 2.97. The summed E-state index contributed by atoms with van der Waals surface area (Å²) in [4.78, 5) is 27.8. The fourth-order valence-electron chi connectivity index (χ4n) is 5.38. The molecule has 5 heterocycles. The van der Waals surface area contributed by atoms with Gasteiger partial charge in [-0.15, -0.1) is 0 Å². The van der Waals surface area contributed by atoms with Crippen LogP contribution in [0, 0.1) is 5.92 Å². The van der Waals surface area contributed by atoms with E-state index in [0.29, 0.717) is 42.6 Å². The molecule has 1 aromatic carbocycles. The highest BCUT2D eigenvalue weighted by Crippen LogP contribution is 2.41. The molecule has 11 heteroatoms. The summed E-state index contributed by atoms with van der Waals surface area (Å²) < 4.78 is 45.5. The fourth-order valence-corrected chi connectivity index (χ4v) is 5.38. The molecule has 36 heavy (non-hydrogen) atoms. The first kappa shape index (κ1) is 22.7. The molecule has 2 fully saturated rings. The second kappa shape index (κ2) is 8.72. The lowest BCUT2D eigenvalue weighted by molar-refractivity contribution is -0.176. The molecule has 3 aliphatic heterocycles. The van der Waals surface area contributed by atoms with Crippen LogP contribution in [-0.2, 0) is 0 Å². The zero-order valence-electron chi connectivity index (χ0n) is 19.4. The smallest absolute Gasteiger partial charge is 0.393 e. The van der Waals surface area contributed by atoms with Crippen molar-refractivity contribution in [3.05, 3.63) is 49.0 Å². The number of hydrogen-bond donors (Lipinski definition) is 1. The molecule has 3 aromatic rings. The lowest BCUT2D eigenvalue weighted by Gasteiger charge is -2.38. The van der Waals surface area contributed by atoms with Crippen molar-refractivity contribution in [3.8, 4) is 11.3 Å². The Morgan fingerprint density at radius 2 is 1.97 bits per heavy atom. The molecular weight excluding hydrogens is 473 g/mol. The predicted molar refractivity (Wildman–Crippen MR) is 129 cm³/mol. The third-order valence-electron chi connectivity index (χ3n) is 7.19. The van der Waals surface area contributed by atoms with Crippen molar-refractivity contribution < 1.29 is 22.4 Å². The van der Waals surface area contributed by atoms with Gasteiger partial charge in [0.15, 0.2) is 18.0 Å². The highest BCUT2D eigenvalue weighted by molar-refractivity contribution is 6.05. The number of urea groups is 1. The molecule has 6 rings (SSSR count). The Hall–Kier alpha value is -3.76. The highest BCUT2D eigenvalue weighted by Gasteiger charge is 2.43. The van der Waals surface area contributed by atoms with Gasteiger partial charge in [0.2, 0.25) is 0 Å². The molecule has 0 spiro atoms. The number of benzene rings is 1. The van der Waals surface area contributed by atoms with Gasteiger partial charge in [-0.3, -0.25) is 4.90 Å². The van der Waals surface area contributed by atoms with E-state index in [0.717, 1.165) is 24.2 Å². The van der Waals surface area contributed by atoms with Gasteiger partial charge < -0.3 is 19.5 Å². The van der Waals surface area contributed by atoms with Crippen LogP contribution in [0.4, 0.5) is 41.0 Å². The Kier molecular flexibility index (Phi) is 5.50. The van der Waals surface area contributed by atoms with Gasteiger partial charge in [-0.25, -0.2) is 14.8 Å². The quantitative estimate of drug-likeness (QED) is 0.539. The number of nitrogens with one attached hydrogen (secondary N) is 1. The molecule has 3 aliphatic rings. The first-order valence-corrected chi connectivity index (χ1v) is 12.0. The maximum absolute atomic E-state index is 13.5. The second-order valence-corrected chi connectivity index (χ2v) is 9.47. The topological polar surface area (TPSA) is 77.7 Å². The third-order valence-corrected chi connectivity index (χ3v) is 7.19. The van der Waals surface area contributed by atoms with Gasteiger partial charge in [0, 0.05) is 37.4 Å². The van der Waals surface area contributed by atoms with E-state index in [9.17, 15) is 18.0 Å². The van der Waals surface area contributed by atoms with Gasteiger partial charge >= 0.3 is 12.2 Å². The summed E-state index contributed by atoms with van der Waals surface area (Å²) in [5.41, 5.74) is 2.19. The number of nitrogens with zero attached hydrogens (tertiary/aromatic N) is 5. The van der Waals surface area contributed by atoms with Crippen molar-refractivity contribution in [1.82, 2.24) is 9.97 Å². The van der Waals surface area contributed by atoms with Crippen LogP contribution in [-0.4, -0.2) is 54.4 Å². The number of carbonyl (C=O) groups is 1. The van der Waals surface area contributed by atoms with E-state index in [1.165, 1.54) is 6.39 Å². The van der Waals surface area contributed by atoms with Crippen LogP contribution < -0.4 is 20.0 Å². The third kappa shape index (κ3) is 4.12. The number of hydrogen-bond acceptors (Lipinski definition) is 6. The predicted octanol–water partition coefficient (Wildman–Crippen LogP) is 5.15. The largest absolute Gasteiger partial charge is 0.444 e. The van der Waals surface area contributed by atoms with Crippen molar-refractivity contribution in [2.75, 3.05) is 46.2 Å². The van der Waals surface area contributed by atoms with Gasteiger partial charge in [-0.2, -0.15) is 13.2 Å². The summed E-state index contributed by atoms with van der Waals surface area (Å²) in [6.07, 6.45) is 0.0801. The minimum absolute atomic E-state index is 0.0676. The summed E-state index contributed by atoms with van der Waals surface area (Å²) >= 11 is 0. The summed E-state index contributed by atoms with van der Waals surface area (Å²) in [5.74, 6) is 0.167. The molecule has 2 amide bonds. The minimum Gasteiger partial charge on any atom is -0.444 e. The van der Waals surface area contributed by atoms with Crippen molar-refractivity contribution in [3.63, 3.8) is 0 Å². The molecule has 8 nitrogen and oxygen atoms in total. The number of aromatic nitrogens is 2. The molecule has 0 unspecified atom stereocenters. The van der Waals surface area contributed by atoms with Crippen molar-refractivity contribution in [1.29, 1.82) is 0 Å². The highest BCUT2D eigenvalue weighted by atomic mass is 19.4. The van der Waals surface area contributed by atoms with E-state index in [2.05, 4.69) is 15.2 Å². The lowest BCUT2D eigenvalue weighted by Crippen LogP contribution is -2.48. The number of alkyl halides is 3. The van der Waals surface area contributed by atoms with Crippen molar-refractivity contribution in [2.45, 2.75) is 31.5 Å². The van der Waals surface area contributed by atoms with Crippen molar-refractivity contribution in [2.24, 2.45) is 5.92 Å². The van der Waals surface area contributed by atoms with E-state index in [1.54, 1.807) is 34.2 Å². The number of halogens is 3. The number of oxazole rings is 1. The summed E-state index contributed by atoms with van der Waals surface area (Å²) in [6, 6.07) is 10.5. The molecule has 2 bridgehead atoms. The van der Waals surface area contributed by atoms with Gasteiger partial charge in [0.25, 0.3) is 0 Å². The number of rotatable bonds is 3. The normalized spacial score (nSPS) is 21.5. The maximum atomic E-state index is 13.5. The number of piperidine rings is 1. The van der Waals surface area contributed by atoms with Gasteiger partial charge in [0.1, 0.15) is 5.82 Å². The number of anilines is 4. The minimum atomic E-state index is -4.23. The van der Waals surface area contributed by atoms with Crippen LogP contribution in [0.2, 0.25) is 0 Å². The van der Waals surface area contributed by atoms with Crippen LogP contribution in [0.15, 0.2) is 53.4 Å². The Bertz CT molecular complexity index is 1260. The average molecular weight is 499 g/mol. The molecule has 2 aromatic heterocycles. The molecule has 0 radical (unpaired) electrons. The maximum Gasteiger partial charge on any atom is 0.393 e. The van der Waals surface area contributed by atoms with Gasteiger partial charge in [-0.1, -0.05) is 12.1 Å². The lowest BCUT2D eigenvalue weighted by atomic mass is 9.97. The van der Waals surface area contributed by atoms with Crippen LogP contribution in [0.1, 0.15) is 19.3 Å².